The molecule has 0 radical (unpaired) electrons. The number of rotatable bonds is 2. The normalized spacial score (nSPS) is 8.62. The summed E-state index contributed by atoms with van der Waals surface area (Å²) < 4.78 is 0. The molecule has 0 heterocycles. The predicted octanol–water partition coefficient (Wildman–Crippen LogP) is -1.97. The minimum atomic E-state index is -1.52. The number of aromatic carboxylic acids is 2. The topological polar surface area (TPSA) is 80.3 Å². The van der Waals surface area contributed by atoms with Gasteiger partial charge in [-0.2, -0.15) is 0 Å². The quantitative estimate of drug-likeness (QED) is 0.486. The average molecular weight is 173 g/mol. The van der Waals surface area contributed by atoms with Gasteiger partial charge in [0.2, 0.25) is 0 Å². The Balaban J connectivity index is 0.00000144. The van der Waals surface area contributed by atoms with Crippen LogP contribution in [0.4, 0.5) is 0 Å². The van der Waals surface area contributed by atoms with E-state index >= 15 is 0 Å². The Bertz CT molecular complexity index is 302. The summed E-state index contributed by atoms with van der Waals surface area (Å²) in [7, 11) is 0. The minimum absolute atomic E-state index is 0. The summed E-state index contributed by atoms with van der Waals surface area (Å²) in [5.41, 5.74) is -0.727. The van der Waals surface area contributed by atoms with Crippen molar-refractivity contribution >= 4 is 22.1 Å². The Morgan fingerprint density at radius 3 is 1.46 bits per heavy atom. The third-order valence-corrected chi connectivity index (χ3v) is 1.37. The van der Waals surface area contributed by atoms with Crippen LogP contribution in [0.5, 0.6) is 0 Å². The SMILES string of the molecule is O=C([O-])c1ccccc1C(=O)[O-].[Be+2]. The Kier molecular flexibility index (Phi) is 3.82. The van der Waals surface area contributed by atoms with Gasteiger partial charge in [0, 0.05) is 11.1 Å². The zero-order valence-corrected chi connectivity index (χ0v) is 6.65. The Morgan fingerprint density at radius 2 is 1.23 bits per heavy atom. The molecule has 0 amide bonds. The average Bonchev–Trinajstić information content (AvgIpc) is 2.04. The molecule has 0 aromatic heterocycles. The summed E-state index contributed by atoms with van der Waals surface area (Å²) in [4.78, 5) is 20.6. The van der Waals surface area contributed by atoms with Crippen LogP contribution in [0, 0.1) is 0 Å². The molecule has 1 aromatic rings. The molecule has 0 unspecified atom stereocenters. The summed E-state index contributed by atoms with van der Waals surface area (Å²) in [6.07, 6.45) is 0. The summed E-state index contributed by atoms with van der Waals surface area (Å²) in [6.45, 7) is 0. The summed E-state index contributed by atoms with van der Waals surface area (Å²) in [6, 6.07) is 5.14. The molecule has 0 spiro atoms. The molecule has 0 aliphatic rings. The van der Waals surface area contributed by atoms with Crippen molar-refractivity contribution in [2.75, 3.05) is 0 Å². The summed E-state index contributed by atoms with van der Waals surface area (Å²) in [5, 5.41) is 20.6. The van der Waals surface area contributed by atoms with Crippen LogP contribution in [0.2, 0.25) is 0 Å². The van der Waals surface area contributed by atoms with Crippen molar-refractivity contribution in [1.29, 1.82) is 0 Å². The first-order valence-electron chi connectivity index (χ1n) is 3.14. The fraction of sp³-hybridized carbons (Fsp3) is 0. The zero-order chi connectivity index (χ0) is 9.14. The Morgan fingerprint density at radius 1 is 0.923 bits per heavy atom. The van der Waals surface area contributed by atoms with Crippen LogP contribution in [0.15, 0.2) is 24.3 Å². The van der Waals surface area contributed by atoms with Crippen LogP contribution in [-0.4, -0.2) is 22.1 Å². The van der Waals surface area contributed by atoms with Crippen LogP contribution in [0.1, 0.15) is 20.7 Å². The summed E-state index contributed by atoms with van der Waals surface area (Å²) in [5.74, 6) is -3.04. The van der Waals surface area contributed by atoms with Gasteiger partial charge in [-0.25, -0.2) is 0 Å². The van der Waals surface area contributed by atoms with Gasteiger partial charge in [-0.15, -0.1) is 0 Å². The van der Waals surface area contributed by atoms with Crippen LogP contribution in [0.3, 0.4) is 0 Å². The van der Waals surface area contributed by atoms with Gasteiger partial charge in [0.15, 0.2) is 0 Å². The molecule has 4 nitrogen and oxygen atoms in total. The minimum Gasteiger partial charge on any atom is -0.545 e. The molecule has 5 heteroatoms. The number of hydrogen-bond acceptors (Lipinski definition) is 4. The fourth-order valence-corrected chi connectivity index (χ4v) is 0.839. The molecule has 0 atom stereocenters. The van der Waals surface area contributed by atoms with E-state index in [1.807, 2.05) is 0 Å². The van der Waals surface area contributed by atoms with E-state index in [0.717, 1.165) is 12.1 Å². The van der Waals surface area contributed by atoms with Crippen molar-refractivity contribution < 1.29 is 19.8 Å². The van der Waals surface area contributed by atoms with Crippen LogP contribution in [0.25, 0.3) is 0 Å². The Labute approximate surface area is 78.0 Å². The monoisotopic (exact) mass is 173 g/mol. The first-order valence-corrected chi connectivity index (χ1v) is 3.14. The molecule has 0 N–H and O–H groups in total. The largest absolute Gasteiger partial charge is 2.00 e. The van der Waals surface area contributed by atoms with E-state index in [9.17, 15) is 19.8 Å². The number of benzene rings is 1. The van der Waals surface area contributed by atoms with E-state index in [1.54, 1.807) is 0 Å². The molecular formula is C8H4BeO4. The van der Waals surface area contributed by atoms with Crippen molar-refractivity contribution in [2.24, 2.45) is 0 Å². The third kappa shape index (κ3) is 2.39. The number of carboxylic acids is 2. The van der Waals surface area contributed by atoms with Crippen molar-refractivity contribution in [3.8, 4) is 0 Å². The van der Waals surface area contributed by atoms with E-state index in [4.69, 9.17) is 0 Å². The molecule has 1 rings (SSSR count). The fourth-order valence-electron chi connectivity index (χ4n) is 0.839. The second-order valence-corrected chi connectivity index (χ2v) is 2.12. The molecule has 1 aromatic carbocycles. The van der Waals surface area contributed by atoms with E-state index in [1.165, 1.54) is 12.1 Å². The van der Waals surface area contributed by atoms with Gasteiger partial charge in [-0.3, -0.25) is 0 Å². The van der Waals surface area contributed by atoms with Crippen molar-refractivity contribution in [3.05, 3.63) is 35.4 Å². The van der Waals surface area contributed by atoms with Crippen molar-refractivity contribution in [2.45, 2.75) is 0 Å². The van der Waals surface area contributed by atoms with E-state index in [2.05, 4.69) is 0 Å². The maximum absolute atomic E-state index is 10.3. The van der Waals surface area contributed by atoms with Gasteiger partial charge >= 0.3 is 10.1 Å². The molecule has 0 fully saturated rings. The van der Waals surface area contributed by atoms with Gasteiger partial charge in [-0.05, 0) is 0 Å². The van der Waals surface area contributed by atoms with Crippen LogP contribution < -0.4 is 10.2 Å². The van der Waals surface area contributed by atoms with Crippen molar-refractivity contribution in [1.82, 2.24) is 0 Å². The number of hydrogen-bond donors (Lipinski definition) is 0. The molecule has 0 saturated carbocycles. The molecule has 0 aliphatic heterocycles. The molecule has 0 bridgehead atoms. The van der Waals surface area contributed by atoms with Crippen LogP contribution >= 0.6 is 0 Å². The predicted molar refractivity (Wildman–Crippen MR) is 40.9 cm³/mol. The summed E-state index contributed by atoms with van der Waals surface area (Å²) >= 11 is 0. The third-order valence-electron chi connectivity index (χ3n) is 1.37. The van der Waals surface area contributed by atoms with Crippen LogP contribution in [-0.2, 0) is 0 Å². The number of carbonyl (C=O) groups is 2. The maximum atomic E-state index is 10.3. The standard InChI is InChI=1S/C8H6O4.Be/c9-7(10)5-3-1-2-4-6(5)8(11)12;/h1-4H,(H,9,10)(H,11,12);/q;+2/p-2. The van der Waals surface area contributed by atoms with Crippen molar-refractivity contribution in [3.63, 3.8) is 0 Å². The molecule has 62 valence electrons. The van der Waals surface area contributed by atoms with Gasteiger partial charge in [-0.1, -0.05) is 24.3 Å². The van der Waals surface area contributed by atoms with Gasteiger partial charge in [0.1, 0.15) is 0 Å². The Hall–Kier alpha value is -1.67. The first-order chi connectivity index (χ1) is 5.63. The second kappa shape index (κ2) is 4.38. The number of carboxylic acid groups (broad SMARTS) is 2. The first kappa shape index (κ1) is 11.3. The second-order valence-electron chi connectivity index (χ2n) is 2.12. The molecule has 0 saturated heterocycles. The maximum Gasteiger partial charge on any atom is 2.00 e. The zero-order valence-electron chi connectivity index (χ0n) is 6.65. The molecular weight excluding hydrogens is 169 g/mol. The van der Waals surface area contributed by atoms with E-state index in [-0.39, 0.29) is 21.2 Å². The van der Waals surface area contributed by atoms with Gasteiger partial charge in [0.05, 0.1) is 11.9 Å². The van der Waals surface area contributed by atoms with E-state index in [0.29, 0.717) is 0 Å². The smallest absolute Gasteiger partial charge is 0.545 e. The van der Waals surface area contributed by atoms with Gasteiger partial charge in [0.25, 0.3) is 0 Å². The van der Waals surface area contributed by atoms with E-state index < -0.39 is 11.9 Å². The molecule has 0 aliphatic carbocycles. The number of carbonyl (C=O) groups excluding carboxylic acids is 2. The molecule has 13 heavy (non-hydrogen) atoms. The van der Waals surface area contributed by atoms with Gasteiger partial charge < -0.3 is 19.8 Å².